The molecule has 1 N–H and O–H groups in total. The van der Waals surface area contributed by atoms with Gasteiger partial charge in [0.1, 0.15) is 0 Å². The molecule has 0 spiro atoms. The summed E-state index contributed by atoms with van der Waals surface area (Å²) in [5.74, 6) is 2.01. The fraction of sp³-hybridized carbons (Fsp3) is 0.333. The minimum atomic E-state index is -0.196. The Morgan fingerprint density at radius 2 is 1.63 bits per heavy atom. The van der Waals surface area contributed by atoms with Crippen molar-refractivity contribution in [3.8, 4) is 0 Å². The molecule has 1 saturated heterocycles. The minimum absolute atomic E-state index is 0.0166. The quantitative estimate of drug-likeness (QED) is 0.803. The van der Waals surface area contributed by atoms with Crippen molar-refractivity contribution < 1.29 is 9.59 Å². The van der Waals surface area contributed by atoms with Crippen molar-refractivity contribution in [3.63, 3.8) is 0 Å². The highest BCUT2D eigenvalue weighted by Crippen LogP contribution is 2.45. The van der Waals surface area contributed by atoms with Crippen molar-refractivity contribution in [1.82, 2.24) is 4.90 Å². The Hall–Kier alpha value is -1.92. The van der Waals surface area contributed by atoms with Gasteiger partial charge in [-0.25, -0.2) is 0 Å². The Balaban J connectivity index is 1.60. The minimum Gasteiger partial charge on any atom is -0.332 e. The lowest BCUT2D eigenvalue weighted by Gasteiger charge is -2.18. The lowest BCUT2D eigenvalue weighted by atomic mass is 10.1. The van der Waals surface area contributed by atoms with E-state index in [-0.39, 0.29) is 18.4 Å². The molecule has 0 radical (unpaired) electrons. The molecule has 27 heavy (non-hydrogen) atoms. The van der Waals surface area contributed by atoms with Crippen LogP contribution in [-0.4, -0.2) is 41.8 Å². The molecule has 4 nitrogen and oxygen atoms in total. The largest absolute Gasteiger partial charge is 0.332 e. The van der Waals surface area contributed by atoms with Crippen molar-refractivity contribution in [2.24, 2.45) is 0 Å². The Bertz CT molecular complexity index is 810. The average Bonchev–Trinajstić information content (AvgIpc) is 3.19. The van der Waals surface area contributed by atoms with Crippen LogP contribution >= 0.6 is 23.5 Å². The first kappa shape index (κ1) is 19.8. The fourth-order valence-electron chi connectivity index (χ4n) is 3.03. The van der Waals surface area contributed by atoms with E-state index in [9.17, 15) is 9.59 Å². The number of amides is 2. The van der Waals surface area contributed by atoms with E-state index in [0.717, 1.165) is 16.8 Å². The van der Waals surface area contributed by atoms with E-state index in [1.165, 1.54) is 22.0 Å². The second-order valence-electron chi connectivity index (χ2n) is 6.67. The molecule has 1 fully saturated rings. The molecule has 2 aromatic carbocycles. The molecule has 0 atom stereocenters. The smallest absolute Gasteiger partial charge is 0.254 e. The Morgan fingerprint density at radius 3 is 2.22 bits per heavy atom. The Labute approximate surface area is 169 Å². The first-order chi connectivity index (χ1) is 13.0. The maximum Gasteiger partial charge on any atom is 0.254 e. The summed E-state index contributed by atoms with van der Waals surface area (Å²) in [6, 6.07) is 13.6. The number of aryl methyl sites for hydroxylation is 2. The molecule has 2 amide bonds. The lowest BCUT2D eigenvalue weighted by molar-refractivity contribution is -0.116. The third-order valence-electron chi connectivity index (χ3n) is 4.52. The number of hydrogen-bond donors (Lipinski definition) is 1. The van der Waals surface area contributed by atoms with Crippen LogP contribution in [-0.2, 0) is 4.79 Å². The predicted molar refractivity (Wildman–Crippen MR) is 116 cm³/mol. The topological polar surface area (TPSA) is 49.4 Å². The van der Waals surface area contributed by atoms with E-state index in [4.69, 9.17) is 0 Å². The van der Waals surface area contributed by atoms with Crippen molar-refractivity contribution in [1.29, 1.82) is 0 Å². The van der Waals surface area contributed by atoms with Gasteiger partial charge in [0.25, 0.3) is 5.91 Å². The molecular weight excluding hydrogens is 376 g/mol. The highest BCUT2D eigenvalue weighted by Gasteiger charge is 2.20. The third-order valence-corrected chi connectivity index (χ3v) is 7.63. The Morgan fingerprint density at radius 1 is 1.04 bits per heavy atom. The highest BCUT2D eigenvalue weighted by atomic mass is 32.2. The van der Waals surface area contributed by atoms with Gasteiger partial charge in [0.05, 0.1) is 11.1 Å². The third kappa shape index (κ3) is 4.87. The van der Waals surface area contributed by atoms with Crippen LogP contribution in [0.5, 0.6) is 0 Å². The number of carbonyl (C=O) groups excluding carboxylic acids is 2. The summed E-state index contributed by atoms with van der Waals surface area (Å²) in [6.45, 7) is 3.93. The predicted octanol–water partition coefficient (Wildman–Crippen LogP) is 4.49. The molecule has 1 aliphatic rings. The van der Waals surface area contributed by atoms with E-state index in [1.54, 1.807) is 7.05 Å². The number of rotatable bonds is 5. The van der Waals surface area contributed by atoms with Gasteiger partial charge in [-0.2, -0.15) is 0 Å². The molecule has 0 aliphatic carbocycles. The van der Waals surface area contributed by atoms with Crippen LogP contribution in [0.25, 0.3) is 0 Å². The maximum absolute atomic E-state index is 12.6. The molecule has 6 heteroatoms. The van der Waals surface area contributed by atoms with Gasteiger partial charge >= 0.3 is 0 Å². The summed E-state index contributed by atoms with van der Waals surface area (Å²) < 4.78 is 0.468. The number of para-hydroxylation sites is 1. The SMILES string of the molecule is Cc1cccc(C)c1NC(=O)CN(C)C(=O)c1ccc(C2SCCS2)cc1. The van der Waals surface area contributed by atoms with Crippen LogP contribution in [0.3, 0.4) is 0 Å². The number of nitrogens with zero attached hydrogens (tertiary/aromatic N) is 1. The zero-order chi connectivity index (χ0) is 19.4. The van der Waals surface area contributed by atoms with Gasteiger partial charge in [0.2, 0.25) is 5.91 Å². The van der Waals surface area contributed by atoms with Crippen LogP contribution in [0.4, 0.5) is 5.69 Å². The van der Waals surface area contributed by atoms with E-state index in [1.807, 2.05) is 79.8 Å². The first-order valence-electron chi connectivity index (χ1n) is 8.90. The molecule has 0 saturated carbocycles. The molecule has 3 rings (SSSR count). The van der Waals surface area contributed by atoms with E-state index in [0.29, 0.717) is 10.1 Å². The summed E-state index contributed by atoms with van der Waals surface area (Å²) in [6.07, 6.45) is 0. The summed E-state index contributed by atoms with van der Waals surface area (Å²) >= 11 is 3.88. The maximum atomic E-state index is 12.6. The molecule has 1 heterocycles. The van der Waals surface area contributed by atoms with Crippen LogP contribution in [0.2, 0.25) is 0 Å². The van der Waals surface area contributed by atoms with Crippen LogP contribution in [0.15, 0.2) is 42.5 Å². The van der Waals surface area contributed by atoms with Gasteiger partial charge in [-0.05, 0) is 42.7 Å². The summed E-state index contributed by atoms with van der Waals surface area (Å²) in [5, 5.41) is 2.92. The van der Waals surface area contributed by atoms with Gasteiger partial charge in [-0.3, -0.25) is 9.59 Å². The number of benzene rings is 2. The number of likely N-dealkylation sites (N-methyl/N-ethyl adjacent to an activating group) is 1. The zero-order valence-corrected chi connectivity index (χ0v) is 17.5. The molecule has 0 bridgehead atoms. The van der Waals surface area contributed by atoms with Gasteiger partial charge in [-0.1, -0.05) is 30.3 Å². The van der Waals surface area contributed by atoms with E-state index in [2.05, 4.69) is 5.32 Å². The molecule has 2 aromatic rings. The number of thioether (sulfide) groups is 2. The van der Waals surface area contributed by atoms with E-state index >= 15 is 0 Å². The Kier molecular flexibility index (Phi) is 6.50. The van der Waals surface area contributed by atoms with Crippen molar-refractivity contribution >= 4 is 41.0 Å². The summed E-state index contributed by atoms with van der Waals surface area (Å²) in [7, 11) is 1.66. The van der Waals surface area contributed by atoms with Gasteiger partial charge in [0, 0.05) is 29.8 Å². The normalized spacial score (nSPS) is 14.2. The van der Waals surface area contributed by atoms with Crippen LogP contribution < -0.4 is 5.32 Å². The molecular formula is C21H24N2O2S2. The average molecular weight is 401 g/mol. The number of anilines is 1. The lowest BCUT2D eigenvalue weighted by Crippen LogP contribution is -2.35. The molecule has 142 valence electrons. The van der Waals surface area contributed by atoms with Crippen molar-refractivity contribution in [2.45, 2.75) is 18.4 Å². The standard InChI is InChI=1S/C21H24N2O2S2/c1-14-5-4-6-15(2)19(14)22-18(24)13-23(3)20(25)16-7-9-17(10-8-16)21-26-11-12-27-21/h4-10,21H,11-13H2,1-3H3,(H,22,24). The fourth-order valence-corrected chi connectivity index (χ4v) is 5.89. The van der Waals surface area contributed by atoms with Gasteiger partial charge < -0.3 is 10.2 Å². The number of carbonyl (C=O) groups is 2. The van der Waals surface area contributed by atoms with Crippen LogP contribution in [0.1, 0.15) is 31.6 Å². The molecule has 1 aliphatic heterocycles. The zero-order valence-electron chi connectivity index (χ0n) is 15.8. The van der Waals surface area contributed by atoms with E-state index < -0.39 is 0 Å². The molecule has 0 aromatic heterocycles. The van der Waals surface area contributed by atoms with Gasteiger partial charge in [0.15, 0.2) is 0 Å². The summed E-state index contributed by atoms with van der Waals surface area (Å²) in [4.78, 5) is 26.5. The molecule has 0 unspecified atom stereocenters. The second kappa shape index (κ2) is 8.85. The van der Waals surface area contributed by atoms with Crippen LogP contribution in [0, 0.1) is 13.8 Å². The highest BCUT2D eigenvalue weighted by molar-refractivity contribution is 8.19. The monoisotopic (exact) mass is 400 g/mol. The summed E-state index contributed by atoms with van der Waals surface area (Å²) in [5.41, 5.74) is 4.69. The second-order valence-corrected chi connectivity index (χ2v) is 9.40. The number of hydrogen-bond acceptors (Lipinski definition) is 4. The van der Waals surface area contributed by atoms with Crippen molar-refractivity contribution in [3.05, 3.63) is 64.7 Å². The number of nitrogens with one attached hydrogen (secondary N) is 1. The first-order valence-corrected chi connectivity index (χ1v) is 11.0. The van der Waals surface area contributed by atoms with Gasteiger partial charge in [-0.15, -0.1) is 23.5 Å². The van der Waals surface area contributed by atoms with Crippen molar-refractivity contribution in [2.75, 3.05) is 30.4 Å².